The standard InChI is InChI=1S/C13H13N3O3/c17-11(15-13(5-6-13)12(18)19)8-16-10-4-2-1-3-9(10)7-14-16/h1-4,7H,5-6,8H2,(H,15,17)(H,18,19). The van der Waals surface area contributed by atoms with Gasteiger partial charge in [0.1, 0.15) is 12.1 Å². The van der Waals surface area contributed by atoms with Gasteiger partial charge in [-0.25, -0.2) is 4.79 Å². The lowest BCUT2D eigenvalue weighted by Crippen LogP contribution is -2.44. The topological polar surface area (TPSA) is 84.2 Å². The Morgan fingerprint density at radius 3 is 2.79 bits per heavy atom. The SMILES string of the molecule is O=C(Cn1ncc2ccccc21)NC1(C(=O)O)CC1. The maximum atomic E-state index is 11.9. The number of carbonyl (C=O) groups excluding carboxylic acids is 1. The normalized spacial score (nSPS) is 16.2. The number of fused-ring (bicyclic) bond motifs is 1. The maximum Gasteiger partial charge on any atom is 0.329 e. The lowest BCUT2D eigenvalue weighted by atomic mass is 10.2. The molecule has 1 amide bonds. The Morgan fingerprint density at radius 1 is 1.37 bits per heavy atom. The molecule has 0 saturated heterocycles. The Bertz CT molecular complexity index is 658. The quantitative estimate of drug-likeness (QED) is 0.849. The van der Waals surface area contributed by atoms with Gasteiger partial charge in [-0.1, -0.05) is 18.2 Å². The number of nitrogens with one attached hydrogen (secondary N) is 1. The number of carboxylic acids is 1. The van der Waals surface area contributed by atoms with Crippen molar-refractivity contribution < 1.29 is 14.7 Å². The second-order valence-electron chi connectivity index (χ2n) is 4.80. The zero-order chi connectivity index (χ0) is 13.5. The van der Waals surface area contributed by atoms with Crippen LogP contribution in [0.1, 0.15) is 12.8 Å². The van der Waals surface area contributed by atoms with Crippen LogP contribution in [0.5, 0.6) is 0 Å². The first-order valence-electron chi connectivity index (χ1n) is 6.06. The van der Waals surface area contributed by atoms with Gasteiger partial charge in [0, 0.05) is 5.39 Å². The van der Waals surface area contributed by atoms with Crippen LogP contribution in [0.25, 0.3) is 10.9 Å². The smallest absolute Gasteiger partial charge is 0.329 e. The summed E-state index contributed by atoms with van der Waals surface area (Å²) in [4.78, 5) is 22.9. The third-order valence-electron chi connectivity index (χ3n) is 3.38. The van der Waals surface area contributed by atoms with Crippen molar-refractivity contribution in [1.29, 1.82) is 0 Å². The van der Waals surface area contributed by atoms with Crippen molar-refractivity contribution in [2.45, 2.75) is 24.9 Å². The van der Waals surface area contributed by atoms with E-state index in [-0.39, 0.29) is 12.5 Å². The second kappa shape index (κ2) is 4.08. The van der Waals surface area contributed by atoms with E-state index in [0.29, 0.717) is 12.8 Å². The molecule has 1 fully saturated rings. The van der Waals surface area contributed by atoms with Gasteiger partial charge in [-0.2, -0.15) is 5.10 Å². The zero-order valence-corrected chi connectivity index (χ0v) is 10.2. The molecule has 2 N–H and O–H groups in total. The predicted octanol–water partition coefficient (Wildman–Crippen LogP) is 0.770. The van der Waals surface area contributed by atoms with Crippen molar-refractivity contribution in [3.8, 4) is 0 Å². The van der Waals surface area contributed by atoms with Crippen LogP contribution in [0.3, 0.4) is 0 Å². The summed E-state index contributed by atoms with van der Waals surface area (Å²) in [5.74, 6) is -1.29. The molecule has 2 aromatic rings. The van der Waals surface area contributed by atoms with E-state index in [2.05, 4.69) is 10.4 Å². The fraction of sp³-hybridized carbons (Fsp3) is 0.308. The number of aliphatic carboxylic acids is 1. The van der Waals surface area contributed by atoms with Crippen molar-refractivity contribution in [2.75, 3.05) is 0 Å². The molecule has 0 atom stereocenters. The highest BCUT2D eigenvalue weighted by Crippen LogP contribution is 2.35. The molecule has 0 bridgehead atoms. The Labute approximate surface area is 109 Å². The molecule has 0 spiro atoms. The van der Waals surface area contributed by atoms with Crippen LogP contribution in [0.4, 0.5) is 0 Å². The van der Waals surface area contributed by atoms with Crippen LogP contribution >= 0.6 is 0 Å². The summed E-state index contributed by atoms with van der Waals surface area (Å²) in [6.45, 7) is 0.0303. The number of para-hydroxylation sites is 1. The Balaban J connectivity index is 1.75. The van der Waals surface area contributed by atoms with E-state index in [4.69, 9.17) is 5.11 Å². The molecular weight excluding hydrogens is 246 g/mol. The molecule has 1 aromatic carbocycles. The van der Waals surface area contributed by atoms with E-state index < -0.39 is 11.5 Å². The molecule has 0 aliphatic heterocycles. The van der Waals surface area contributed by atoms with E-state index in [1.165, 1.54) is 0 Å². The fourth-order valence-electron chi connectivity index (χ4n) is 2.11. The van der Waals surface area contributed by atoms with Gasteiger partial charge in [-0.05, 0) is 18.9 Å². The molecule has 1 aliphatic carbocycles. The first kappa shape index (κ1) is 11.7. The lowest BCUT2D eigenvalue weighted by Gasteiger charge is -2.12. The molecule has 1 aromatic heterocycles. The second-order valence-corrected chi connectivity index (χ2v) is 4.80. The van der Waals surface area contributed by atoms with Crippen molar-refractivity contribution in [3.05, 3.63) is 30.5 Å². The summed E-state index contributed by atoms with van der Waals surface area (Å²) >= 11 is 0. The minimum absolute atomic E-state index is 0.0303. The van der Waals surface area contributed by atoms with Crippen LogP contribution in [0, 0.1) is 0 Å². The summed E-state index contributed by atoms with van der Waals surface area (Å²) in [7, 11) is 0. The summed E-state index contributed by atoms with van der Waals surface area (Å²) in [5.41, 5.74) is -0.183. The monoisotopic (exact) mass is 259 g/mol. The minimum Gasteiger partial charge on any atom is -0.480 e. The van der Waals surface area contributed by atoms with Gasteiger partial charge in [0.15, 0.2) is 0 Å². The minimum atomic E-state index is -1.04. The van der Waals surface area contributed by atoms with Crippen molar-refractivity contribution in [1.82, 2.24) is 15.1 Å². The number of hydrogen-bond acceptors (Lipinski definition) is 3. The third kappa shape index (κ3) is 2.05. The number of nitrogens with zero attached hydrogens (tertiary/aromatic N) is 2. The lowest BCUT2D eigenvalue weighted by molar-refractivity contribution is -0.143. The Hall–Kier alpha value is -2.37. The number of carboxylic acid groups (broad SMARTS) is 1. The van der Waals surface area contributed by atoms with Crippen LogP contribution in [-0.4, -0.2) is 32.3 Å². The van der Waals surface area contributed by atoms with Gasteiger partial charge in [-0.15, -0.1) is 0 Å². The molecule has 6 heteroatoms. The van der Waals surface area contributed by atoms with Gasteiger partial charge in [0.2, 0.25) is 5.91 Å². The molecule has 1 saturated carbocycles. The first-order valence-corrected chi connectivity index (χ1v) is 6.06. The maximum absolute atomic E-state index is 11.9. The molecule has 1 aliphatic rings. The number of benzene rings is 1. The van der Waals surface area contributed by atoms with Gasteiger partial charge in [-0.3, -0.25) is 9.48 Å². The van der Waals surface area contributed by atoms with Gasteiger partial charge in [0.25, 0.3) is 0 Å². The van der Waals surface area contributed by atoms with E-state index >= 15 is 0 Å². The van der Waals surface area contributed by atoms with Crippen LogP contribution in [0.2, 0.25) is 0 Å². The number of amides is 1. The Kier molecular flexibility index (Phi) is 2.51. The molecule has 98 valence electrons. The molecule has 6 nitrogen and oxygen atoms in total. The van der Waals surface area contributed by atoms with E-state index in [1.54, 1.807) is 10.9 Å². The van der Waals surface area contributed by atoms with Gasteiger partial charge in [0.05, 0.1) is 11.7 Å². The first-order chi connectivity index (χ1) is 9.11. The highest BCUT2D eigenvalue weighted by molar-refractivity contribution is 5.90. The average Bonchev–Trinajstić information content (AvgIpc) is 3.06. The summed E-state index contributed by atoms with van der Waals surface area (Å²) in [5, 5.41) is 16.7. The summed E-state index contributed by atoms with van der Waals surface area (Å²) < 4.78 is 1.57. The largest absolute Gasteiger partial charge is 0.480 e. The molecule has 0 unspecified atom stereocenters. The van der Waals surface area contributed by atoms with Gasteiger partial charge < -0.3 is 10.4 Å². The van der Waals surface area contributed by atoms with E-state index in [0.717, 1.165) is 10.9 Å². The van der Waals surface area contributed by atoms with E-state index in [1.807, 2.05) is 24.3 Å². The third-order valence-corrected chi connectivity index (χ3v) is 3.38. The highest BCUT2D eigenvalue weighted by Gasteiger charge is 2.51. The van der Waals surface area contributed by atoms with Crippen molar-refractivity contribution >= 4 is 22.8 Å². The molecule has 1 heterocycles. The predicted molar refractivity (Wildman–Crippen MR) is 67.5 cm³/mol. The highest BCUT2D eigenvalue weighted by atomic mass is 16.4. The number of aromatic nitrogens is 2. The fourth-order valence-corrected chi connectivity index (χ4v) is 2.11. The van der Waals surface area contributed by atoms with Crippen molar-refractivity contribution in [2.24, 2.45) is 0 Å². The Morgan fingerprint density at radius 2 is 2.11 bits per heavy atom. The van der Waals surface area contributed by atoms with Crippen LogP contribution < -0.4 is 5.32 Å². The molecule has 3 rings (SSSR count). The molecular formula is C13H13N3O3. The van der Waals surface area contributed by atoms with Crippen LogP contribution in [0.15, 0.2) is 30.5 Å². The van der Waals surface area contributed by atoms with Crippen LogP contribution in [-0.2, 0) is 16.1 Å². The molecule has 19 heavy (non-hydrogen) atoms. The average molecular weight is 259 g/mol. The van der Waals surface area contributed by atoms with E-state index in [9.17, 15) is 9.59 Å². The van der Waals surface area contributed by atoms with Gasteiger partial charge >= 0.3 is 5.97 Å². The zero-order valence-electron chi connectivity index (χ0n) is 10.2. The van der Waals surface area contributed by atoms with Crippen molar-refractivity contribution in [3.63, 3.8) is 0 Å². The summed E-state index contributed by atoms with van der Waals surface area (Å²) in [6.07, 6.45) is 2.68. The number of hydrogen-bond donors (Lipinski definition) is 2. The number of carbonyl (C=O) groups is 2. The molecule has 0 radical (unpaired) electrons. The number of rotatable bonds is 4. The summed E-state index contributed by atoms with van der Waals surface area (Å²) in [6, 6.07) is 7.56.